The van der Waals surface area contributed by atoms with Crippen molar-refractivity contribution in [1.29, 1.82) is 0 Å². The van der Waals surface area contributed by atoms with Gasteiger partial charge in [-0.1, -0.05) is 0 Å². The van der Waals surface area contributed by atoms with Crippen molar-refractivity contribution in [2.45, 2.75) is 30.9 Å². The summed E-state index contributed by atoms with van der Waals surface area (Å²) in [5.74, 6) is -0.584. The highest BCUT2D eigenvalue weighted by Gasteiger charge is 2.43. The molecule has 17 heavy (non-hydrogen) atoms. The standard InChI is InChI=1S/C10H16F3NO3/c11-10(12,13)8(15)7-14-3-1-9(2-4-14)16-5-6-17-9/h8,15H,1-7H2/t8-/m0/s1. The lowest BCUT2D eigenvalue weighted by Crippen LogP contribution is -2.49. The normalized spacial score (nSPS) is 27.5. The lowest BCUT2D eigenvalue weighted by molar-refractivity contribution is -0.217. The topological polar surface area (TPSA) is 41.9 Å². The Morgan fingerprint density at radius 1 is 1.18 bits per heavy atom. The maximum absolute atomic E-state index is 12.2. The maximum Gasteiger partial charge on any atom is 0.415 e. The summed E-state index contributed by atoms with van der Waals surface area (Å²) >= 11 is 0. The zero-order chi connectivity index (χ0) is 12.5. The van der Waals surface area contributed by atoms with Crippen LogP contribution in [0.2, 0.25) is 0 Å². The van der Waals surface area contributed by atoms with E-state index >= 15 is 0 Å². The molecular formula is C10H16F3NO3. The molecule has 0 aromatic carbocycles. The Morgan fingerprint density at radius 3 is 2.18 bits per heavy atom. The van der Waals surface area contributed by atoms with Gasteiger partial charge >= 0.3 is 6.18 Å². The van der Waals surface area contributed by atoms with Gasteiger partial charge in [0.1, 0.15) is 0 Å². The van der Waals surface area contributed by atoms with Gasteiger partial charge in [-0.2, -0.15) is 13.2 Å². The average molecular weight is 255 g/mol. The first kappa shape index (κ1) is 13.1. The van der Waals surface area contributed by atoms with Gasteiger partial charge in [0.05, 0.1) is 13.2 Å². The Balaban J connectivity index is 1.79. The predicted molar refractivity (Wildman–Crippen MR) is 52.4 cm³/mol. The molecule has 2 fully saturated rings. The number of hydrogen-bond acceptors (Lipinski definition) is 4. The van der Waals surface area contributed by atoms with Crippen LogP contribution in [-0.2, 0) is 9.47 Å². The van der Waals surface area contributed by atoms with Crippen LogP contribution < -0.4 is 0 Å². The summed E-state index contributed by atoms with van der Waals surface area (Å²) in [5.41, 5.74) is 0. The van der Waals surface area contributed by atoms with E-state index in [1.165, 1.54) is 0 Å². The molecule has 0 saturated carbocycles. The van der Waals surface area contributed by atoms with Crippen LogP contribution >= 0.6 is 0 Å². The number of ether oxygens (including phenoxy) is 2. The van der Waals surface area contributed by atoms with Gasteiger partial charge < -0.3 is 19.5 Å². The van der Waals surface area contributed by atoms with E-state index in [-0.39, 0.29) is 6.54 Å². The van der Waals surface area contributed by atoms with Crippen LogP contribution in [0.15, 0.2) is 0 Å². The summed E-state index contributed by atoms with van der Waals surface area (Å²) in [5, 5.41) is 8.97. The van der Waals surface area contributed by atoms with Crippen LogP contribution in [0.1, 0.15) is 12.8 Å². The molecule has 1 atom stereocenters. The van der Waals surface area contributed by atoms with Gasteiger partial charge in [-0.15, -0.1) is 0 Å². The number of nitrogens with zero attached hydrogens (tertiary/aromatic N) is 1. The van der Waals surface area contributed by atoms with Crippen LogP contribution in [0.25, 0.3) is 0 Å². The van der Waals surface area contributed by atoms with Crippen molar-refractivity contribution in [2.24, 2.45) is 0 Å². The molecule has 1 N–H and O–H groups in total. The summed E-state index contributed by atoms with van der Waals surface area (Å²) in [4.78, 5) is 1.59. The number of likely N-dealkylation sites (tertiary alicyclic amines) is 1. The zero-order valence-corrected chi connectivity index (χ0v) is 9.37. The molecule has 0 aliphatic carbocycles. The molecule has 4 nitrogen and oxygen atoms in total. The molecule has 7 heteroatoms. The summed E-state index contributed by atoms with van der Waals surface area (Å²) in [6.07, 6.45) is -5.72. The highest BCUT2D eigenvalue weighted by atomic mass is 19.4. The van der Waals surface area contributed by atoms with E-state index in [1.54, 1.807) is 4.90 Å². The van der Waals surface area contributed by atoms with Crippen molar-refractivity contribution in [1.82, 2.24) is 4.90 Å². The highest BCUT2D eigenvalue weighted by Crippen LogP contribution is 2.31. The lowest BCUT2D eigenvalue weighted by Gasteiger charge is -2.38. The monoisotopic (exact) mass is 255 g/mol. The Labute approximate surface area is 97.3 Å². The smallest absolute Gasteiger partial charge is 0.382 e. The summed E-state index contributed by atoms with van der Waals surface area (Å²) in [6.45, 7) is 1.62. The number of hydrogen-bond donors (Lipinski definition) is 1. The summed E-state index contributed by atoms with van der Waals surface area (Å²) in [7, 11) is 0. The Hall–Kier alpha value is -0.370. The van der Waals surface area contributed by atoms with Crippen LogP contribution in [0.5, 0.6) is 0 Å². The molecule has 2 aliphatic rings. The molecule has 0 aromatic heterocycles. The number of alkyl halides is 3. The Kier molecular flexibility index (Phi) is 3.63. The minimum absolute atomic E-state index is 0.375. The van der Waals surface area contributed by atoms with Crippen molar-refractivity contribution in [3.05, 3.63) is 0 Å². The first-order valence-corrected chi connectivity index (χ1v) is 5.66. The van der Waals surface area contributed by atoms with Gasteiger partial charge in [0.25, 0.3) is 0 Å². The molecule has 2 aliphatic heterocycles. The van der Waals surface area contributed by atoms with Gasteiger partial charge in [0, 0.05) is 32.5 Å². The van der Waals surface area contributed by atoms with Gasteiger partial charge in [-0.3, -0.25) is 0 Å². The molecule has 100 valence electrons. The van der Waals surface area contributed by atoms with Gasteiger partial charge in [0.2, 0.25) is 0 Å². The number of aliphatic hydroxyl groups excluding tert-OH is 1. The molecule has 0 unspecified atom stereocenters. The second kappa shape index (κ2) is 4.72. The highest BCUT2D eigenvalue weighted by molar-refractivity contribution is 4.84. The maximum atomic E-state index is 12.2. The third-order valence-electron chi connectivity index (χ3n) is 3.24. The first-order valence-electron chi connectivity index (χ1n) is 5.66. The van der Waals surface area contributed by atoms with E-state index in [0.717, 1.165) is 0 Å². The van der Waals surface area contributed by atoms with E-state index < -0.39 is 18.1 Å². The molecule has 2 rings (SSSR count). The predicted octanol–water partition coefficient (Wildman–Crippen LogP) is 0.748. The quantitative estimate of drug-likeness (QED) is 0.790. The Bertz CT molecular complexity index is 256. The molecule has 2 heterocycles. The van der Waals surface area contributed by atoms with E-state index in [4.69, 9.17) is 14.6 Å². The fourth-order valence-electron chi connectivity index (χ4n) is 2.21. The molecule has 0 aromatic rings. The minimum atomic E-state index is -4.55. The number of piperidine rings is 1. The van der Waals surface area contributed by atoms with Crippen molar-refractivity contribution in [3.63, 3.8) is 0 Å². The van der Waals surface area contributed by atoms with Crippen LogP contribution in [0.3, 0.4) is 0 Å². The largest absolute Gasteiger partial charge is 0.415 e. The second-order valence-corrected chi connectivity index (χ2v) is 4.47. The average Bonchev–Trinajstić information content (AvgIpc) is 2.69. The van der Waals surface area contributed by atoms with E-state index in [9.17, 15) is 13.2 Å². The molecule has 1 spiro atoms. The van der Waals surface area contributed by atoms with Gasteiger partial charge in [0.15, 0.2) is 11.9 Å². The molecule has 0 bridgehead atoms. The number of rotatable bonds is 2. The molecular weight excluding hydrogens is 239 g/mol. The third kappa shape index (κ3) is 3.09. The molecule has 2 saturated heterocycles. The Morgan fingerprint density at radius 2 is 1.71 bits per heavy atom. The second-order valence-electron chi connectivity index (χ2n) is 4.47. The van der Waals surface area contributed by atoms with E-state index in [2.05, 4.69) is 0 Å². The fourth-order valence-corrected chi connectivity index (χ4v) is 2.21. The van der Waals surface area contributed by atoms with Crippen molar-refractivity contribution < 1.29 is 27.8 Å². The molecule has 0 amide bonds. The number of β-amino-alcohol motifs (C(OH)–C–C–N with tert-alkyl or cyclic N) is 1. The van der Waals surface area contributed by atoms with Crippen LogP contribution in [-0.4, -0.2) is 60.9 Å². The van der Waals surface area contributed by atoms with Gasteiger partial charge in [-0.25, -0.2) is 0 Å². The number of aliphatic hydroxyl groups is 1. The zero-order valence-electron chi connectivity index (χ0n) is 9.37. The molecule has 0 radical (unpaired) electrons. The van der Waals surface area contributed by atoms with Crippen molar-refractivity contribution in [3.8, 4) is 0 Å². The van der Waals surface area contributed by atoms with Crippen LogP contribution in [0, 0.1) is 0 Å². The minimum Gasteiger partial charge on any atom is -0.382 e. The van der Waals surface area contributed by atoms with Crippen molar-refractivity contribution in [2.75, 3.05) is 32.8 Å². The van der Waals surface area contributed by atoms with Gasteiger partial charge in [-0.05, 0) is 0 Å². The van der Waals surface area contributed by atoms with Crippen molar-refractivity contribution >= 4 is 0 Å². The summed E-state index contributed by atoms with van der Waals surface area (Å²) < 4.78 is 47.5. The third-order valence-corrected chi connectivity index (χ3v) is 3.24. The van der Waals surface area contributed by atoms with Crippen LogP contribution in [0.4, 0.5) is 13.2 Å². The summed E-state index contributed by atoms with van der Waals surface area (Å²) in [6, 6.07) is 0. The van der Waals surface area contributed by atoms with E-state index in [0.29, 0.717) is 39.1 Å². The lowest BCUT2D eigenvalue weighted by atomic mass is 10.0. The van der Waals surface area contributed by atoms with E-state index in [1.807, 2.05) is 0 Å². The fraction of sp³-hybridized carbons (Fsp3) is 1.00. The number of halogens is 3. The first-order chi connectivity index (χ1) is 7.91. The SMILES string of the molecule is O[C@@H](CN1CCC2(CC1)OCCO2)C(F)(F)F.